The molecule has 1 aliphatic heterocycles. The van der Waals surface area contributed by atoms with Crippen molar-refractivity contribution in [3.63, 3.8) is 0 Å². The molecule has 2 heterocycles. The van der Waals surface area contributed by atoms with E-state index in [2.05, 4.69) is 10.4 Å². The zero-order valence-electron chi connectivity index (χ0n) is 14.2. The van der Waals surface area contributed by atoms with E-state index in [1.165, 1.54) is 0 Å². The molecule has 1 N–H and O–H groups in total. The molecule has 0 aliphatic carbocycles. The fourth-order valence-corrected chi connectivity index (χ4v) is 3.22. The molecule has 1 aliphatic rings. The van der Waals surface area contributed by atoms with Crippen LogP contribution in [-0.4, -0.2) is 33.7 Å². The largest absolute Gasteiger partial charge is 0.339 e. The van der Waals surface area contributed by atoms with Crippen LogP contribution in [0.4, 0.5) is 5.69 Å². The second kappa shape index (κ2) is 6.47. The lowest BCUT2D eigenvalue weighted by Gasteiger charge is -2.21. The summed E-state index contributed by atoms with van der Waals surface area (Å²) in [5.41, 5.74) is 2.15. The smallest absolute Gasteiger partial charge is 0.270 e. The van der Waals surface area contributed by atoms with Gasteiger partial charge in [-0.05, 0) is 45.4 Å². The number of nitrogens with zero attached hydrogens (tertiary/aromatic N) is 3. The number of aromatic nitrogens is 2. The van der Waals surface area contributed by atoms with E-state index in [0.717, 1.165) is 11.4 Å². The fourth-order valence-electron chi connectivity index (χ4n) is 3.22. The molecule has 24 heavy (non-hydrogen) atoms. The minimum absolute atomic E-state index is 0.0445. The molecule has 2 amide bonds. The van der Waals surface area contributed by atoms with Crippen LogP contribution in [0.25, 0.3) is 0 Å². The van der Waals surface area contributed by atoms with Gasteiger partial charge in [0.15, 0.2) is 0 Å². The van der Waals surface area contributed by atoms with E-state index in [1.54, 1.807) is 15.6 Å². The summed E-state index contributed by atoms with van der Waals surface area (Å²) in [4.78, 5) is 27.0. The third-order valence-electron chi connectivity index (χ3n) is 4.33. The maximum Gasteiger partial charge on any atom is 0.270 e. The van der Waals surface area contributed by atoms with Crippen LogP contribution in [-0.2, 0) is 11.3 Å². The van der Waals surface area contributed by atoms with E-state index in [-0.39, 0.29) is 17.9 Å². The fraction of sp³-hybridized carbons (Fsp3) is 0.389. The summed E-state index contributed by atoms with van der Waals surface area (Å²) in [5, 5.41) is 7.15. The van der Waals surface area contributed by atoms with Gasteiger partial charge < -0.3 is 10.2 Å². The topological polar surface area (TPSA) is 67.2 Å². The van der Waals surface area contributed by atoms with Gasteiger partial charge in [-0.3, -0.25) is 14.3 Å². The molecule has 6 nitrogen and oxygen atoms in total. The van der Waals surface area contributed by atoms with Gasteiger partial charge >= 0.3 is 0 Å². The summed E-state index contributed by atoms with van der Waals surface area (Å²) in [6, 6.07) is 10.8. The lowest BCUT2D eigenvalue weighted by Crippen LogP contribution is -2.42. The van der Waals surface area contributed by atoms with E-state index in [9.17, 15) is 9.59 Å². The molecule has 3 rings (SSSR count). The quantitative estimate of drug-likeness (QED) is 0.936. The Morgan fingerprint density at radius 2 is 2.04 bits per heavy atom. The van der Waals surface area contributed by atoms with Crippen LogP contribution >= 0.6 is 0 Å². The molecule has 1 aromatic carbocycles. The molecule has 6 heteroatoms. The summed E-state index contributed by atoms with van der Waals surface area (Å²) >= 11 is 0. The molecule has 1 fully saturated rings. The molecule has 1 aromatic heterocycles. The van der Waals surface area contributed by atoms with Gasteiger partial charge in [0.05, 0.1) is 5.69 Å². The number of carbonyl (C=O) groups excluding carboxylic acids is 2. The number of nitrogens with one attached hydrogen (secondary N) is 1. The summed E-state index contributed by atoms with van der Waals surface area (Å²) in [7, 11) is 0. The Labute approximate surface area is 141 Å². The van der Waals surface area contributed by atoms with Gasteiger partial charge in [0.25, 0.3) is 5.91 Å². The van der Waals surface area contributed by atoms with Crippen molar-refractivity contribution in [1.82, 2.24) is 15.1 Å². The van der Waals surface area contributed by atoms with Gasteiger partial charge in [0.2, 0.25) is 5.91 Å². The first-order valence-corrected chi connectivity index (χ1v) is 8.24. The predicted octanol–water partition coefficient (Wildman–Crippen LogP) is 2.14. The van der Waals surface area contributed by atoms with Gasteiger partial charge in [0.1, 0.15) is 11.7 Å². The number of anilines is 1. The second-order valence-electron chi connectivity index (χ2n) is 6.14. The molecule has 0 saturated carbocycles. The van der Waals surface area contributed by atoms with E-state index in [0.29, 0.717) is 18.7 Å². The zero-order chi connectivity index (χ0) is 17.3. The van der Waals surface area contributed by atoms with Gasteiger partial charge in [0, 0.05) is 18.3 Å². The van der Waals surface area contributed by atoms with Gasteiger partial charge in [-0.1, -0.05) is 18.2 Å². The van der Waals surface area contributed by atoms with Crippen molar-refractivity contribution in [2.75, 3.05) is 4.90 Å². The Balaban J connectivity index is 1.77. The maximum absolute atomic E-state index is 12.7. The van der Waals surface area contributed by atoms with Gasteiger partial charge in [-0.15, -0.1) is 0 Å². The summed E-state index contributed by atoms with van der Waals surface area (Å²) < 4.78 is 1.66. The van der Waals surface area contributed by atoms with E-state index in [4.69, 9.17) is 0 Å². The Morgan fingerprint density at radius 1 is 1.33 bits per heavy atom. The minimum Gasteiger partial charge on any atom is -0.339 e. The number of para-hydroxylation sites is 1. The molecule has 2 atom stereocenters. The van der Waals surface area contributed by atoms with Crippen molar-refractivity contribution in [2.24, 2.45) is 0 Å². The molecular formula is C18H22N4O2. The maximum atomic E-state index is 12.7. The van der Waals surface area contributed by atoms with Crippen molar-refractivity contribution in [2.45, 2.75) is 45.8 Å². The number of benzene rings is 1. The summed E-state index contributed by atoms with van der Waals surface area (Å²) in [6.45, 7) is 6.39. The molecule has 126 valence electrons. The van der Waals surface area contributed by atoms with Crippen LogP contribution in [0.3, 0.4) is 0 Å². The second-order valence-corrected chi connectivity index (χ2v) is 6.14. The minimum atomic E-state index is -0.506. The standard InChI is InChI=1S/C18H22N4O2/c1-4-21-16(10-12(2)20-21)17(23)19-15-11-13(3)22(18(15)24)14-8-6-5-7-9-14/h5-10,13,15H,4,11H2,1-3H3,(H,19,23)/t13-,15+/m1/s1. The third-order valence-corrected chi connectivity index (χ3v) is 4.33. The zero-order valence-corrected chi connectivity index (χ0v) is 14.2. The molecule has 0 unspecified atom stereocenters. The molecular weight excluding hydrogens is 304 g/mol. The highest BCUT2D eigenvalue weighted by atomic mass is 16.2. The van der Waals surface area contributed by atoms with Crippen molar-refractivity contribution >= 4 is 17.5 Å². The van der Waals surface area contributed by atoms with Crippen molar-refractivity contribution in [1.29, 1.82) is 0 Å². The molecule has 0 spiro atoms. The van der Waals surface area contributed by atoms with Gasteiger partial charge in [-0.2, -0.15) is 5.10 Å². The molecule has 2 aromatic rings. The number of hydrogen-bond donors (Lipinski definition) is 1. The number of hydrogen-bond acceptors (Lipinski definition) is 3. The Hall–Kier alpha value is -2.63. The molecule has 1 saturated heterocycles. The molecule has 0 bridgehead atoms. The number of rotatable bonds is 4. The lowest BCUT2D eigenvalue weighted by atomic mass is 10.2. The first kappa shape index (κ1) is 16.2. The normalized spacial score (nSPS) is 20.5. The number of amides is 2. The number of carbonyl (C=O) groups is 2. The Kier molecular flexibility index (Phi) is 4.38. The first-order valence-electron chi connectivity index (χ1n) is 8.24. The third kappa shape index (κ3) is 2.91. The monoisotopic (exact) mass is 326 g/mol. The van der Waals surface area contributed by atoms with Crippen LogP contribution in [0.2, 0.25) is 0 Å². The Bertz CT molecular complexity index is 754. The SMILES string of the molecule is CCn1nc(C)cc1C(=O)N[C@H]1C[C@@H](C)N(c2ccccc2)C1=O. The Morgan fingerprint density at radius 3 is 2.71 bits per heavy atom. The van der Waals surface area contributed by atoms with Crippen LogP contribution in [0.15, 0.2) is 36.4 Å². The van der Waals surface area contributed by atoms with E-state index < -0.39 is 6.04 Å². The average molecular weight is 326 g/mol. The first-order chi connectivity index (χ1) is 11.5. The highest BCUT2D eigenvalue weighted by Crippen LogP contribution is 2.26. The van der Waals surface area contributed by atoms with Crippen LogP contribution < -0.4 is 10.2 Å². The van der Waals surface area contributed by atoms with Crippen LogP contribution in [0.5, 0.6) is 0 Å². The summed E-state index contributed by atoms with van der Waals surface area (Å²) in [6.07, 6.45) is 0.596. The lowest BCUT2D eigenvalue weighted by molar-refractivity contribution is -0.118. The van der Waals surface area contributed by atoms with Crippen LogP contribution in [0, 0.1) is 6.92 Å². The number of aryl methyl sites for hydroxylation is 2. The van der Waals surface area contributed by atoms with Gasteiger partial charge in [-0.25, -0.2) is 0 Å². The average Bonchev–Trinajstić information content (AvgIpc) is 3.08. The van der Waals surface area contributed by atoms with Crippen molar-refractivity contribution in [3.05, 3.63) is 47.8 Å². The molecule has 0 radical (unpaired) electrons. The van der Waals surface area contributed by atoms with Crippen molar-refractivity contribution < 1.29 is 9.59 Å². The van der Waals surface area contributed by atoms with E-state index >= 15 is 0 Å². The summed E-state index contributed by atoms with van der Waals surface area (Å²) in [5.74, 6) is -0.320. The highest BCUT2D eigenvalue weighted by molar-refractivity contribution is 6.04. The highest BCUT2D eigenvalue weighted by Gasteiger charge is 2.39. The predicted molar refractivity (Wildman–Crippen MR) is 91.9 cm³/mol. The van der Waals surface area contributed by atoms with Crippen molar-refractivity contribution in [3.8, 4) is 0 Å². The van der Waals surface area contributed by atoms with E-state index in [1.807, 2.05) is 51.1 Å². The van der Waals surface area contributed by atoms with Crippen LogP contribution in [0.1, 0.15) is 36.5 Å².